The smallest absolute Gasteiger partial charge is 0.339 e. The first-order valence-electron chi connectivity index (χ1n) is 7.16. The SMILES string of the molecule is CCCOc1cc(C)c(C(=O)OCC)c(C(=O)OCC)c1. The molecule has 1 aromatic carbocycles. The number of rotatable bonds is 7. The fourth-order valence-corrected chi connectivity index (χ4v) is 1.90. The molecule has 0 saturated heterocycles. The molecule has 0 bridgehead atoms. The Kier molecular flexibility index (Phi) is 6.72. The summed E-state index contributed by atoms with van der Waals surface area (Å²) < 4.78 is 15.6. The van der Waals surface area contributed by atoms with E-state index in [4.69, 9.17) is 14.2 Å². The maximum absolute atomic E-state index is 12.1. The lowest BCUT2D eigenvalue weighted by molar-refractivity contribution is 0.0477. The number of carbonyl (C=O) groups is 2. The van der Waals surface area contributed by atoms with Gasteiger partial charge in [-0.2, -0.15) is 0 Å². The van der Waals surface area contributed by atoms with E-state index in [0.29, 0.717) is 17.9 Å². The van der Waals surface area contributed by atoms with Gasteiger partial charge >= 0.3 is 11.9 Å². The van der Waals surface area contributed by atoms with Gasteiger partial charge in [0.05, 0.1) is 30.9 Å². The van der Waals surface area contributed by atoms with E-state index in [1.54, 1.807) is 26.8 Å². The van der Waals surface area contributed by atoms with Gasteiger partial charge in [-0.1, -0.05) is 6.92 Å². The van der Waals surface area contributed by atoms with Gasteiger partial charge in [0.2, 0.25) is 0 Å². The first-order valence-corrected chi connectivity index (χ1v) is 7.16. The summed E-state index contributed by atoms with van der Waals surface area (Å²) in [5.74, 6) is -0.531. The predicted molar refractivity (Wildman–Crippen MR) is 78.9 cm³/mol. The maximum Gasteiger partial charge on any atom is 0.339 e. The van der Waals surface area contributed by atoms with Crippen LogP contribution in [0.2, 0.25) is 0 Å². The van der Waals surface area contributed by atoms with Gasteiger partial charge in [-0.05, 0) is 44.9 Å². The molecule has 0 aliphatic rings. The van der Waals surface area contributed by atoms with Gasteiger partial charge in [0.1, 0.15) is 5.75 Å². The molecule has 0 fully saturated rings. The standard InChI is InChI=1S/C16H22O5/c1-5-8-21-12-9-11(4)14(16(18)20-7-3)13(10-12)15(17)19-6-2/h9-10H,5-8H2,1-4H3. The Morgan fingerprint density at radius 1 is 1.00 bits per heavy atom. The first kappa shape index (κ1) is 17.0. The molecule has 116 valence electrons. The largest absolute Gasteiger partial charge is 0.494 e. The van der Waals surface area contributed by atoms with Crippen molar-refractivity contribution in [2.45, 2.75) is 34.1 Å². The van der Waals surface area contributed by atoms with Gasteiger partial charge in [-0.15, -0.1) is 0 Å². The van der Waals surface area contributed by atoms with Crippen LogP contribution in [0.15, 0.2) is 12.1 Å². The van der Waals surface area contributed by atoms with Crippen LogP contribution in [-0.4, -0.2) is 31.8 Å². The second kappa shape index (κ2) is 8.29. The molecule has 0 atom stereocenters. The summed E-state index contributed by atoms with van der Waals surface area (Å²) in [4.78, 5) is 24.1. The van der Waals surface area contributed by atoms with Crippen molar-refractivity contribution in [3.63, 3.8) is 0 Å². The van der Waals surface area contributed by atoms with E-state index in [1.165, 1.54) is 6.07 Å². The van der Waals surface area contributed by atoms with Gasteiger partial charge in [0.15, 0.2) is 0 Å². The number of hydrogen-bond donors (Lipinski definition) is 0. The summed E-state index contributed by atoms with van der Waals surface area (Å²) in [5.41, 5.74) is 1.05. The molecule has 0 aliphatic heterocycles. The van der Waals surface area contributed by atoms with Gasteiger partial charge in [-0.3, -0.25) is 0 Å². The van der Waals surface area contributed by atoms with Crippen molar-refractivity contribution < 1.29 is 23.8 Å². The minimum absolute atomic E-state index is 0.182. The normalized spacial score (nSPS) is 10.1. The third-order valence-corrected chi connectivity index (χ3v) is 2.76. The van der Waals surface area contributed by atoms with Crippen molar-refractivity contribution in [3.05, 3.63) is 28.8 Å². The molecule has 0 unspecified atom stereocenters. The van der Waals surface area contributed by atoms with Gasteiger partial charge in [0.25, 0.3) is 0 Å². The highest BCUT2D eigenvalue weighted by atomic mass is 16.5. The fraction of sp³-hybridized carbons (Fsp3) is 0.500. The van der Waals surface area contributed by atoms with E-state index in [2.05, 4.69) is 0 Å². The van der Waals surface area contributed by atoms with Crippen LogP contribution in [0, 0.1) is 6.92 Å². The number of ether oxygens (including phenoxy) is 3. The average Bonchev–Trinajstić information content (AvgIpc) is 2.44. The predicted octanol–water partition coefficient (Wildman–Crippen LogP) is 3.14. The molecule has 5 nitrogen and oxygen atoms in total. The van der Waals surface area contributed by atoms with Crippen LogP contribution < -0.4 is 4.74 Å². The summed E-state index contributed by atoms with van der Waals surface area (Å²) in [6, 6.07) is 3.26. The molecule has 0 saturated carbocycles. The molecule has 1 rings (SSSR count). The lowest BCUT2D eigenvalue weighted by atomic mass is 10.0. The minimum Gasteiger partial charge on any atom is -0.494 e. The zero-order chi connectivity index (χ0) is 15.8. The summed E-state index contributed by atoms with van der Waals surface area (Å²) in [6.07, 6.45) is 0.855. The minimum atomic E-state index is -0.550. The van der Waals surface area contributed by atoms with E-state index in [9.17, 15) is 9.59 Å². The highest BCUT2D eigenvalue weighted by molar-refractivity contribution is 6.04. The molecule has 0 aromatic heterocycles. The van der Waals surface area contributed by atoms with Crippen LogP contribution in [0.5, 0.6) is 5.75 Å². The molecule has 0 spiro atoms. The van der Waals surface area contributed by atoms with E-state index in [1.807, 2.05) is 6.92 Å². The third-order valence-electron chi connectivity index (χ3n) is 2.76. The second-order valence-corrected chi connectivity index (χ2v) is 4.45. The number of benzene rings is 1. The molecule has 0 heterocycles. The average molecular weight is 294 g/mol. The molecule has 21 heavy (non-hydrogen) atoms. The second-order valence-electron chi connectivity index (χ2n) is 4.45. The maximum atomic E-state index is 12.1. The van der Waals surface area contributed by atoms with Crippen LogP contribution in [0.3, 0.4) is 0 Å². The van der Waals surface area contributed by atoms with Gasteiger partial charge in [-0.25, -0.2) is 9.59 Å². The zero-order valence-corrected chi connectivity index (χ0v) is 13.0. The van der Waals surface area contributed by atoms with Crippen LogP contribution >= 0.6 is 0 Å². The Bertz CT molecular complexity index is 508. The number of esters is 2. The van der Waals surface area contributed by atoms with Crippen molar-refractivity contribution in [2.24, 2.45) is 0 Å². The first-order chi connectivity index (χ1) is 10.0. The Morgan fingerprint density at radius 3 is 2.19 bits per heavy atom. The molecule has 1 aromatic rings. The highest BCUT2D eigenvalue weighted by Gasteiger charge is 2.23. The molecule has 0 amide bonds. The Labute approximate surface area is 125 Å². The summed E-state index contributed by atoms with van der Waals surface area (Å²) in [7, 11) is 0. The number of aryl methyl sites for hydroxylation is 1. The van der Waals surface area contributed by atoms with Crippen LogP contribution in [-0.2, 0) is 9.47 Å². The van der Waals surface area contributed by atoms with Crippen LogP contribution in [0.4, 0.5) is 0 Å². The molecular weight excluding hydrogens is 272 g/mol. The molecular formula is C16H22O5. The molecule has 5 heteroatoms. The van der Waals surface area contributed by atoms with Crippen molar-refractivity contribution in [1.82, 2.24) is 0 Å². The lowest BCUT2D eigenvalue weighted by Crippen LogP contribution is -2.16. The van der Waals surface area contributed by atoms with E-state index in [0.717, 1.165) is 6.42 Å². The highest BCUT2D eigenvalue weighted by Crippen LogP contribution is 2.24. The van der Waals surface area contributed by atoms with Gasteiger partial charge in [0, 0.05) is 0 Å². The fourth-order valence-electron chi connectivity index (χ4n) is 1.90. The van der Waals surface area contributed by atoms with Crippen molar-refractivity contribution in [2.75, 3.05) is 19.8 Å². The van der Waals surface area contributed by atoms with Crippen LogP contribution in [0.1, 0.15) is 53.5 Å². The summed E-state index contributed by atoms with van der Waals surface area (Å²) >= 11 is 0. The third kappa shape index (κ3) is 4.48. The summed E-state index contributed by atoms with van der Waals surface area (Å²) in [5, 5.41) is 0. The van der Waals surface area contributed by atoms with Crippen molar-refractivity contribution in [1.29, 1.82) is 0 Å². The van der Waals surface area contributed by atoms with Crippen molar-refractivity contribution in [3.8, 4) is 5.75 Å². The quantitative estimate of drug-likeness (QED) is 0.723. The van der Waals surface area contributed by atoms with Gasteiger partial charge < -0.3 is 14.2 Å². The number of carbonyl (C=O) groups excluding carboxylic acids is 2. The van der Waals surface area contributed by atoms with E-state index < -0.39 is 11.9 Å². The van der Waals surface area contributed by atoms with Crippen molar-refractivity contribution >= 4 is 11.9 Å². The lowest BCUT2D eigenvalue weighted by Gasteiger charge is -2.14. The molecule has 0 aliphatic carbocycles. The van der Waals surface area contributed by atoms with E-state index >= 15 is 0 Å². The Morgan fingerprint density at radius 2 is 1.62 bits per heavy atom. The zero-order valence-electron chi connectivity index (χ0n) is 13.0. The van der Waals surface area contributed by atoms with Crippen LogP contribution in [0.25, 0.3) is 0 Å². The summed E-state index contributed by atoms with van der Waals surface area (Å²) in [6.45, 7) is 8.19. The Hall–Kier alpha value is -2.04. The Balaban J connectivity index is 3.26. The monoisotopic (exact) mass is 294 g/mol. The molecule has 0 radical (unpaired) electrons. The molecule has 0 N–H and O–H groups in total. The number of hydrogen-bond acceptors (Lipinski definition) is 5. The topological polar surface area (TPSA) is 61.8 Å². The van der Waals surface area contributed by atoms with E-state index in [-0.39, 0.29) is 24.3 Å².